The van der Waals surface area contributed by atoms with Crippen LogP contribution in [0.1, 0.15) is 27.2 Å². The first-order chi connectivity index (χ1) is 16.6. The molecule has 11 nitrogen and oxygen atoms in total. The van der Waals surface area contributed by atoms with Crippen LogP contribution in [0.4, 0.5) is 10.6 Å². The number of aromatic nitrogens is 5. The lowest BCUT2D eigenvalue weighted by molar-refractivity contribution is 0.0238. The first kappa shape index (κ1) is 24.1. The molecule has 0 saturated carbocycles. The van der Waals surface area contributed by atoms with Crippen LogP contribution in [-0.2, 0) is 4.74 Å². The van der Waals surface area contributed by atoms with Crippen molar-refractivity contribution < 1.29 is 19.4 Å². The molecule has 0 radical (unpaired) electrons. The van der Waals surface area contributed by atoms with E-state index in [-0.39, 0.29) is 17.9 Å². The number of anilines is 1. The summed E-state index contributed by atoms with van der Waals surface area (Å²) in [5.74, 6) is 1.07. The van der Waals surface area contributed by atoms with E-state index in [9.17, 15) is 9.90 Å². The monoisotopic (exact) mass is 479 g/mol. The number of nitrogens with zero attached hydrogens (tertiary/aromatic N) is 7. The van der Waals surface area contributed by atoms with Gasteiger partial charge < -0.3 is 24.4 Å². The highest BCUT2D eigenvalue weighted by molar-refractivity contribution is 5.70. The quantitative estimate of drug-likeness (QED) is 0.583. The van der Waals surface area contributed by atoms with E-state index in [2.05, 4.69) is 30.0 Å². The van der Waals surface area contributed by atoms with Gasteiger partial charge in [0.2, 0.25) is 5.88 Å². The van der Waals surface area contributed by atoms with Gasteiger partial charge in [-0.05, 0) is 45.4 Å². The fourth-order valence-corrected chi connectivity index (χ4v) is 3.77. The third-order valence-corrected chi connectivity index (χ3v) is 5.62. The third kappa shape index (κ3) is 5.56. The number of hydrogen-bond donors (Lipinski definition) is 1. The van der Waals surface area contributed by atoms with E-state index < -0.39 is 5.60 Å². The lowest BCUT2D eigenvalue weighted by Crippen LogP contribution is -2.42. The number of likely N-dealkylation sites (N-methyl/N-ethyl adjacent to an activating group) is 1. The highest BCUT2D eigenvalue weighted by Gasteiger charge is 2.31. The number of ether oxygens (including phenoxy) is 2. The lowest BCUT2D eigenvalue weighted by Gasteiger charge is -2.28. The van der Waals surface area contributed by atoms with Gasteiger partial charge in [-0.3, -0.25) is 0 Å². The molecule has 0 unspecified atom stereocenters. The van der Waals surface area contributed by atoms with Crippen molar-refractivity contribution in [2.75, 3.05) is 32.1 Å². The van der Waals surface area contributed by atoms with Crippen LogP contribution in [0.5, 0.6) is 11.6 Å². The average molecular weight is 480 g/mol. The maximum atomic E-state index is 12.4. The van der Waals surface area contributed by atoms with E-state index in [1.807, 2.05) is 26.8 Å². The molecule has 3 aromatic heterocycles. The van der Waals surface area contributed by atoms with Gasteiger partial charge in [-0.15, -0.1) is 10.2 Å². The van der Waals surface area contributed by atoms with Gasteiger partial charge in [-0.2, -0.15) is 0 Å². The third-order valence-electron chi connectivity index (χ3n) is 5.62. The second kappa shape index (κ2) is 9.69. The van der Waals surface area contributed by atoms with Gasteiger partial charge in [0.25, 0.3) is 0 Å². The van der Waals surface area contributed by atoms with Gasteiger partial charge in [0.05, 0.1) is 18.8 Å². The Labute approximate surface area is 203 Å². The zero-order valence-electron chi connectivity index (χ0n) is 20.5. The number of methoxy groups -OCH3 is 1. The molecule has 4 heterocycles. The number of pyridine rings is 1. The Balaban J connectivity index is 1.44. The van der Waals surface area contributed by atoms with Crippen LogP contribution in [-0.4, -0.2) is 80.1 Å². The molecule has 11 heteroatoms. The average Bonchev–Trinajstić information content (AvgIpc) is 3.33. The van der Waals surface area contributed by atoms with Gasteiger partial charge in [0, 0.05) is 38.0 Å². The summed E-state index contributed by atoms with van der Waals surface area (Å²) in [6.45, 7) is 6.93. The number of carbonyl (C=O) groups excluding carboxylic acids is 1. The fraction of sp³-hybridized carbons (Fsp3) is 0.417. The van der Waals surface area contributed by atoms with Crippen molar-refractivity contribution in [1.29, 1.82) is 0 Å². The molecule has 3 aromatic rings. The van der Waals surface area contributed by atoms with Crippen molar-refractivity contribution in [3.05, 3.63) is 36.8 Å². The van der Waals surface area contributed by atoms with Crippen LogP contribution < -0.4 is 9.64 Å². The molecule has 0 bridgehead atoms. The van der Waals surface area contributed by atoms with E-state index in [0.29, 0.717) is 40.9 Å². The summed E-state index contributed by atoms with van der Waals surface area (Å²) in [7, 11) is 3.28. The van der Waals surface area contributed by atoms with Gasteiger partial charge in [-0.1, -0.05) is 0 Å². The molecule has 184 valence electrons. The number of hydrogen-bond acceptors (Lipinski definition) is 10. The summed E-state index contributed by atoms with van der Waals surface area (Å²) in [5, 5.41) is 19.2. The molecule has 1 aliphatic rings. The van der Waals surface area contributed by atoms with Crippen LogP contribution in [0.25, 0.3) is 22.6 Å². The standard InChI is InChI=1S/C24H29N7O4/c1-24(2,3)35-23(33)30(4)16-8-9-31(13-16)20-7-6-17(28-29-20)22-19(32)10-15(12-25-22)18-11-21(34-5)27-14-26-18/h6-7,10-12,14,16,32H,8-9,13H2,1-5H3/t16-/m1/s1. The van der Waals surface area contributed by atoms with Crippen molar-refractivity contribution in [1.82, 2.24) is 30.0 Å². The Morgan fingerprint density at radius 2 is 1.94 bits per heavy atom. The molecule has 1 fully saturated rings. The van der Waals surface area contributed by atoms with Crippen molar-refractivity contribution >= 4 is 11.9 Å². The highest BCUT2D eigenvalue weighted by Crippen LogP contribution is 2.31. The van der Waals surface area contributed by atoms with Crippen molar-refractivity contribution in [3.8, 4) is 34.3 Å². The Hall–Kier alpha value is -4.02. The molecule has 35 heavy (non-hydrogen) atoms. The minimum absolute atomic E-state index is 0.0185. The maximum absolute atomic E-state index is 12.4. The summed E-state index contributed by atoms with van der Waals surface area (Å²) in [4.78, 5) is 28.6. The first-order valence-corrected chi connectivity index (χ1v) is 11.2. The molecular weight excluding hydrogens is 450 g/mol. The molecule has 0 aliphatic carbocycles. The molecule has 1 aliphatic heterocycles. The number of rotatable bonds is 5. The Morgan fingerprint density at radius 1 is 1.14 bits per heavy atom. The van der Waals surface area contributed by atoms with Gasteiger partial charge in [0.1, 0.15) is 29.1 Å². The van der Waals surface area contributed by atoms with E-state index >= 15 is 0 Å². The Kier molecular flexibility index (Phi) is 6.68. The van der Waals surface area contributed by atoms with Crippen LogP contribution in [0.15, 0.2) is 36.8 Å². The van der Waals surface area contributed by atoms with Crippen molar-refractivity contribution in [2.24, 2.45) is 0 Å². The molecule has 0 spiro atoms. The molecule has 4 rings (SSSR count). The summed E-state index contributed by atoms with van der Waals surface area (Å²) in [5.41, 5.74) is 1.42. The zero-order valence-corrected chi connectivity index (χ0v) is 20.5. The molecular formula is C24H29N7O4. The smallest absolute Gasteiger partial charge is 0.410 e. The predicted molar refractivity (Wildman–Crippen MR) is 129 cm³/mol. The predicted octanol–water partition coefficient (Wildman–Crippen LogP) is 3.16. The number of carbonyl (C=O) groups is 1. The minimum atomic E-state index is -0.537. The maximum Gasteiger partial charge on any atom is 0.410 e. The summed E-state index contributed by atoms with van der Waals surface area (Å²) in [6, 6.07) is 6.85. The van der Waals surface area contributed by atoms with Crippen LogP contribution >= 0.6 is 0 Å². The summed E-state index contributed by atoms with van der Waals surface area (Å²) < 4.78 is 10.6. The summed E-state index contributed by atoms with van der Waals surface area (Å²) in [6.07, 6.45) is 3.45. The van der Waals surface area contributed by atoms with Crippen molar-refractivity contribution in [3.63, 3.8) is 0 Å². The molecule has 1 amide bonds. The SMILES string of the molecule is COc1cc(-c2cnc(-c3ccc(N4CC[C@@H](N(C)C(=O)OC(C)(C)C)C4)nn3)c(O)c2)ncn1. The van der Waals surface area contributed by atoms with Gasteiger partial charge in [0.15, 0.2) is 5.82 Å². The second-order valence-corrected chi connectivity index (χ2v) is 9.29. The molecule has 1 saturated heterocycles. The van der Waals surface area contributed by atoms with Crippen molar-refractivity contribution in [2.45, 2.75) is 38.8 Å². The largest absolute Gasteiger partial charge is 0.506 e. The second-order valence-electron chi connectivity index (χ2n) is 9.29. The topological polar surface area (TPSA) is 127 Å². The molecule has 0 aromatic carbocycles. The molecule has 1 N–H and O–H groups in total. The summed E-state index contributed by atoms with van der Waals surface area (Å²) >= 11 is 0. The molecule has 1 atom stereocenters. The number of aromatic hydroxyl groups is 1. The van der Waals surface area contributed by atoms with E-state index in [0.717, 1.165) is 13.0 Å². The normalized spacial score (nSPS) is 15.7. The first-order valence-electron chi connectivity index (χ1n) is 11.2. The Morgan fingerprint density at radius 3 is 2.60 bits per heavy atom. The van der Waals surface area contributed by atoms with Gasteiger partial charge >= 0.3 is 6.09 Å². The van der Waals surface area contributed by atoms with Crippen LogP contribution in [0, 0.1) is 0 Å². The Bertz CT molecular complexity index is 1200. The van der Waals surface area contributed by atoms with Crippen LogP contribution in [0.2, 0.25) is 0 Å². The van der Waals surface area contributed by atoms with E-state index in [1.165, 1.54) is 13.4 Å². The van der Waals surface area contributed by atoms with Gasteiger partial charge in [-0.25, -0.2) is 19.7 Å². The lowest BCUT2D eigenvalue weighted by atomic mass is 10.1. The number of amides is 1. The fourth-order valence-electron chi connectivity index (χ4n) is 3.77. The minimum Gasteiger partial charge on any atom is -0.506 e. The van der Waals surface area contributed by atoms with Crippen LogP contribution in [0.3, 0.4) is 0 Å². The highest BCUT2D eigenvalue weighted by atomic mass is 16.6. The zero-order chi connectivity index (χ0) is 25.2. The van der Waals surface area contributed by atoms with E-state index in [1.54, 1.807) is 36.3 Å². The van der Waals surface area contributed by atoms with E-state index in [4.69, 9.17) is 9.47 Å².